The van der Waals surface area contributed by atoms with Crippen LogP contribution in [-0.4, -0.2) is 0 Å². The molecule has 5 rings (SSSR count). The van der Waals surface area contributed by atoms with E-state index in [1.54, 1.807) is 6.07 Å². The van der Waals surface area contributed by atoms with Gasteiger partial charge in [-0.25, -0.2) is 4.39 Å². The van der Waals surface area contributed by atoms with Gasteiger partial charge in [0.05, 0.1) is 0 Å². The summed E-state index contributed by atoms with van der Waals surface area (Å²) in [6, 6.07) is 42.2. The highest BCUT2D eigenvalue weighted by atomic mass is 19.1. The van der Waals surface area contributed by atoms with Crippen LogP contribution in [0.5, 0.6) is 0 Å². The second kappa shape index (κ2) is 13.9. The van der Waals surface area contributed by atoms with Crippen LogP contribution in [0.2, 0.25) is 0 Å². The zero-order chi connectivity index (χ0) is 28.4. The van der Waals surface area contributed by atoms with Crippen molar-refractivity contribution in [3.63, 3.8) is 0 Å². The number of halogens is 1. The van der Waals surface area contributed by atoms with E-state index in [1.165, 1.54) is 34.2 Å². The average Bonchev–Trinajstić information content (AvgIpc) is 3.01. The molecule has 0 saturated carbocycles. The van der Waals surface area contributed by atoms with Crippen LogP contribution in [0, 0.1) is 5.82 Å². The van der Waals surface area contributed by atoms with Crippen LogP contribution in [0.25, 0.3) is 23.3 Å². The van der Waals surface area contributed by atoms with E-state index in [0.29, 0.717) is 11.5 Å². The molecular weight excluding hydrogens is 499 g/mol. The van der Waals surface area contributed by atoms with Crippen molar-refractivity contribution < 1.29 is 4.39 Å². The third-order valence-electron chi connectivity index (χ3n) is 7.90. The Bertz CT molecular complexity index is 1540. The van der Waals surface area contributed by atoms with E-state index in [9.17, 15) is 0 Å². The van der Waals surface area contributed by atoms with Crippen molar-refractivity contribution in [1.82, 2.24) is 0 Å². The Labute approximate surface area is 245 Å². The molecule has 0 nitrogen and oxygen atoms in total. The largest absolute Gasteiger partial charge is 0.206 e. The minimum atomic E-state index is -0.206. The topological polar surface area (TPSA) is 0 Å². The Balaban J connectivity index is 1.16. The number of aryl methyl sites for hydroxylation is 3. The van der Waals surface area contributed by atoms with Crippen LogP contribution < -0.4 is 0 Å². The van der Waals surface area contributed by atoms with Crippen molar-refractivity contribution in [2.75, 3.05) is 0 Å². The summed E-state index contributed by atoms with van der Waals surface area (Å²) < 4.78 is 15.0. The Kier molecular flexibility index (Phi) is 9.60. The van der Waals surface area contributed by atoms with E-state index in [2.05, 4.69) is 117 Å². The van der Waals surface area contributed by atoms with Gasteiger partial charge >= 0.3 is 0 Å². The predicted molar refractivity (Wildman–Crippen MR) is 174 cm³/mol. The van der Waals surface area contributed by atoms with E-state index in [1.807, 2.05) is 24.3 Å². The normalized spacial score (nSPS) is 12.1. The molecule has 0 unspecified atom stereocenters. The molecule has 5 aromatic carbocycles. The monoisotopic (exact) mass is 538 g/mol. The molecule has 0 N–H and O–H groups in total. The summed E-state index contributed by atoms with van der Waals surface area (Å²) in [4.78, 5) is 0. The van der Waals surface area contributed by atoms with E-state index in [0.717, 1.165) is 42.4 Å². The van der Waals surface area contributed by atoms with Gasteiger partial charge in [-0.2, -0.15) is 0 Å². The molecule has 0 heterocycles. The van der Waals surface area contributed by atoms with Crippen molar-refractivity contribution in [3.05, 3.63) is 166 Å². The summed E-state index contributed by atoms with van der Waals surface area (Å²) >= 11 is 0. The molecule has 0 saturated heterocycles. The van der Waals surface area contributed by atoms with Crippen molar-refractivity contribution in [2.24, 2.45) is 0 Å². The maximum atomic E-state index is 15.0. The quantitative estimate of drug-likeness (QED) is 0.147. The molecule has 0 radical (unpaired) electrons. The Hall–Kier alpha value is -4.23. The highest BCUT2D eigenvalue weighted by Crippen LogP contribution is 2.26. The van der Waals surface area contributed by atoms with Gasteiger partial charge in [-0.3, -0.25) is 0 Å². The Morgan fingerprint density at radius 3 is 1.76 bits per heavy atom. The first kappa shape index (κ1) is 28.3. The first-order chi connectivity index (χ1) is 20.1. The summed E-state index contributed by atoms with van der Waals surface area (Å²) in [5.41, 5.74) is 10.3. The maximum Gasteiger partial charge on any atom is 0.131 e. The fraction of sp³-hybridized carbons (Fsp3) is 0.200. The van der Waals surface area contributed by atoms with Crippen LogP contribution in [0.3, 0.4) is 0 Å². The lowest BCUT2D eigenvalue weighted by Gasteiger charge is -2.12. The molecule has 0 aliphatic heterocycles. The summed E-state index contributed by atoms with van der Waals surface area (Å²) in [5, 5.41) is 0. The second-order valence-corrected chi connectivity index (χ2v) is 11.1. The van der Waals surface area contributed by atoms with Crippen molar-refractivity contribution in [2.45, 2.75) is 51.9 Å². The van der Waals surface area contributed by atoms with Crippen LogP contribution in [0.15, 0.2) is 121 Å². The van der Waals surface area contributed by atoms with E-state index < -0.39 is 0 Å². The molecule has 0 aliphatic rings. The van der Waals surface area contributed by atoms with Gasteiger partial charge in [-0.15, -0.1) is 0 Å². The Morgan fingerprint density at radius 1 is 0.585 bits per heavy atom. The van der Waals surface area contributed by atoms with Crippen molar-refractivity contribution >= 4 is 12.2 Å². The molecule has 5 aromatic rings. The zero-order valence-corrected chi connectivity index (χ0v) is 24.2. The van der Waals surface area contributed by atoms with E-state index in [4.69, 9.17) is 0 Å². The van der Waals surface area contributed by atoms with Gasteiger partial charge in [0.25, 0.3) is 0 Å². The minimum Gasteiger partial charge on any atom is -0.206 e. The third-order valence-corrected chi connectivity index (χ3v) is 7.90. The number of benzene rings is 5. The summed E-state index contributed by atoms with van der Waals surface area (Å²) in [6.07, 6.45) is 9.21. The van der Waals surface area contributed by atoms with Gasteiger partial charge in [0.15, 0.2) is 0 Å². The second-order valence-electron chi connectivity index (χ2n) is 11.1. The highest BCUT2D eigenvalue weighted by molar-refractivity contribution is 5.72. The lowest BCUT2D eigenvalue weighted by molar-refractivity contribution is 0.625. The van der Waals surface area contributed by atoms with Gasteiger partial charge in [0.1, 0.15) is 5.82 Å². The average molecular weight is 539 g/mol. The molecular formula is C40H39F. The van der Waals surface area contributed by atoms with Crippen LogP contribution in [-0.2, 0) is 25.7 Å². The number of rotatable bonds is 11. The molecule has 1 atom stereocenters. The van der Waals surface area contributed by atoms with Gasteiger partial charge < -0.3 is 0 Å². The van der Waals surface area contributed by atoms with Crippen LogP contribution in [0.1, 0.15) is 65.1 Å². The standard InChI is InChI=1S/C40H39F/c1-3-7-31-10-12-32(13-11-31)14-15-33-16-18-34(19-17-33)20-25-38-26-27-39(29-40(38)41)37-23-21-35(22-24-37)28-30(2)36-8-5-4-6-9-36/h4-6,8-13,16-27,29-30H,3,7,14-15,28H2,1-2H3/t30-/m1/s1. The van der Waals surface area contributed by atoms with E-state index in [-0.39, 0.29) is 5.82 Å². The van der Waals surface area contributed by atoms with Crippen molar-refractivity contribution in [3.8, 4) is 11.1 Å². The molecule has 41 heavy (non-hydrogen) atoms. The van der Waals surface area contributed by atoms with Gasteiger partial charge in [0, 0.05) is 5.56 Å². The lowest BCUT2D eigenvalue weighted by Crippen LogP contribution is -1.98. The van der Waals surface area contributed by atoms with Gasteiger partial charge in [-0.1, -0.05) is 148 Å². The van der Waals surface area contributed by atoms with Crippen LogP contribution >= 0.6 is 0 Å². The SMILES string of the molecule is CCCc1ccc(CCc2ccc(C=Cc3ccc(-c4ccc(C[C@@H](C)c5ccccc5)cc4)cc3F)cc2)cc1. The zero-order valence-electron chi connectivity index (χ0n) is 24.2. The number of hydrogen-bond donors (Lipinski definition) is 0. The maximum absolute atomic E-state index is 15.0. The first-order valence-corrected chi connectivity index (χ1v) is 14.9. The van der Waals surface area contributed by atoms with Gasteiger partial charge in [-0.05, 0) is 82.2 Å². The molecule has 206 valence electrons. The Morgan fingerprint density at radius 2 is 1.15 bits per heavy atom. The summed E-state index contributed by atoms with van der Waals surface area (Å²) in [5.74, 6) is 0.247. The molecule has 0 fully saturated rings. The van der Waals surface area contributed by atoms with E-state index >= 15 is 4.39 Å². The first-order valence-electron chi connectivity index (χ1n) is 14.9. The van der Waals surface area contributed by atoms with Gasteiger partial charge in [0.2, 0.25) is 0 Å². The molecule has 0 aliphatic carbocycles. The predicted octanol–water partition coefficient (Wildman–Crippen LogP) is 10.7. The van der Waals surface area contributed by atoms with Crippen LogP contribution in [0.4, 0.5) is 4.39 Å². The molecule has 0 bridgehead atoms. The molecule has 0 amide bonds. The molecule has 0 spiro atoms. The third kappa shape index (κ3) is 7.92. The smallest absolute Gasteiger partial charge is 0.131 e. The fourth-order valence-electron chi connectivity index (χ4n) is 5.36. The summed E-state index contributed by atoms with van der Waals surface area (Å²) in [7, 11) is 0. The minimum absolute atomic E-state index is 0.206. The highest BCUT2D eigenvalue weighted by Gasteiger charge is 2.08. The van der Waals surface area contributed by atoms with Crippen molar-refractivity contribution in [1.29, 1.82) is 0 Å². The molecule has 0 aromatic heterocycles. The molecule has 1 heteroatoms. The lowest BCUT2D eigenvalue weighted by atomic mass is 9.93. The summed E-state index contributed by atoms with van der Waals surface area (Å²) in [6.45, 7) is 4.47. The number of hydrogen-bond acceptors (Lipinski definition) is 0. The fourth-order valence-corrected chi connectivity index (χ4v) is 5.36.